The molecule has 0 saturated heterocycles. The minimum Gasteiger partial charge on any atom is -0.481 e. The highest BCUT2D eigenvalue weighted by molar-refractivity contribution is 5.98. The van der Waals surface area contributed by atoms with E-state index < -0.39 is 36.1 Å². The van der Waals surface area contributed by atoms with Gasteiger partial charge in [-0.3, -0.25) is 9.59 Å². The van der Waals surface area contributed by atoms with Crippen LogP contribution in [0.4, 0.5) is 13.2 Å². The first-order valence-corrected chi connectivity index (χ1v) is 15.7. The number of rotatable bonds is 10. The van der Waals surface area contributed by atoms with Gasteiger partial charge in [-0.15, -0.1) is 0 Å². The second kappa shape index (κ2) is 13.5. The van der Waals surface area contributed by atoms with Crippen LogP contribution >= 0.6 is 0 Å². The first-order valence-electron chi connectivity index (χ1n) is 15.7. The first kappa shape index (κ1) is 33.0. The molecule has 9 heteroatoms. The number of carbonyl (C=O) groups excluding carboxylic acids is 1. The summed E-state index contributed by atoms with van der Waals surface area (Å²) in [5, 5.41) is 14.0. The van der Waals surface area contributed by atoms with E-state index in [9.17, 15) is 27.9 Å². The van der Waals surface area contributed by atoms with Gasteiger partial charge in [0.2, 0.25) is 0 Å². The van der Waals surface area contributed by atoms with E-state index in [1.807, 2.05) is 30.3 Å². The first-order chi connectivity index (χ1) is 21.7. The third-order valence-corrected chi connectivity index (χ3v) is 8.55. The molecular weight excluding hydrogens is 593 g/mol. The van der Waals surface area contributed by atoms with Gasteiger partial charge >= 0.3 is 12.1 Å². The molecule has 2 N–H and O–H groups in total. The zero-order valence-electron chi connectivity index (χ0n) is 26.3. The predicted octanol–water partition coefficient (Wildman–Crippen LogP) is 8.89. The van der Waals surface area contributed by atoms with E-state index >= 15 is 0 Å². The van der Waals surface area contributed by atoms with Crippen molar-refractivity contribution < 1.29 is 32.6 Å². The van der Waals surface area contributed by atoms with Crippen LogP contribution in [0.25, 0.3) is 10.8 Å². The Hall–Kier alpha value is -4.40. The van der Waals surface area contributed by atoms with Gasteiger partial charge in [-0.05, 0) is 83.2 Å². The molecule has 1 fully saturated rings. The standard InChI is InChI=1S/C37H39F3N2O4/c1-36(2,3)26-13-16-29(17-14-26)46-30-15-10-25-20-33(42-32(31(25)22-30)19-23-6-4-5-7-23)35(45)41-28(21-34(43)44)18-24-8-11-27(12-9-24)37(38,39)40/h8-17,20,22-23,28H,4-7,18-19,21H2,1-3H3,(H,41,45)(H,43,44)/t28-/m0/s1. The Labute approximate surface area is 267 Å². The summed E-state index contributed by atoms with van der Waals surface area (Å²) in [6, 6.07) is 19.0. The number of aliphatic carboxylic acids is 1. The number of ether oxygens (including phenoxy) is 1. The van der Waals surface area contributed by atoms with E-state index in [1.54, 1.807) is 6.07 Å². The Morgan fingerprint density at radius 2 is 1.54 bits per heavy atom. The van der Waals surface area contributed by atoms with E-state index in [0.29, 0.717) is 29.4 Å². The molecule has 0 unspecified atom stereocenters. The third-order valence-electron chi connectivity index (χ3n) is 8.55. The van der Waals surface area contributed by atoms with Crippen LogP contribution in [0.1, 0.15) is 85.7 Å². The number of fused-ring (bicyclic) bond motifs is 1. The number of carboxylic acids is 1. The average Bonchev–Trinajstić information content (AvgIpc) is 3.50. The molecule has 0 spiro atoms. The summed E-state index contributed by atoms with van der Waals surface area (Å²) in [5.74, 6) is 0.146. The van der Waals surface area contributed by atoms with Crippen molar-refractivity contribution in [2.45, 2.75) is 83.4 Å². The van der Waals surface area contributed by atoms with Crippen molar-refractivity contribution >= 4 is 22.6 Å². The van der Waals surface area contributed by atoms with Gasteiger partial charge in [0.25, 0.3) is 5.91 Å². The molecule has 0 bridgehead atoms. The van der Waals surface area contributed by atoms with Crippen LogP contribution in [0.2, 0.25) is 0 Å². The number of aromatic nitrogens is 1. The molecular formula is C37H39F3N2O4. The van der Waals surface area contributed by atoms with Gasteiger partial charge in [0, 0.05) is 17.1 Å². The molecule has 6 nitrogen and oxygen atoms in total. The van der Waals surface area contributed by atoms with Crippen molar-refractivity contribution in [2.24, 2.45) is 5.92 Å². The van der Waals surface area contributed by atoms with Crippen molar-refractivity contribution in [1.82, 2.24) is 10.3 Å². The molecule has 46 heavy (non-hydrogen) atoms. The molecule has 1 aromatic heterocycles. The Balaban J connectivity index is 1.40. The van der Waals surface area contributed by atoms with Crippen LogP contribution in [0.5, 0.6) is 11.5 Å². The highest BCUT2D eigenvalue weighted by Gasteiger charge is 2.30. The maximum absolute atomic E-state index is 13.5. The molecule has 1 amide bonds. The summed E-state index contributed by atoms with van der Waals surface area (Å²) < 4.78 is 45.2. The van der Waals surface area contributed by atoms with Crippen molar-refractivity contribution in [3.05, 3.63) is 101 Å². The van der Waals surface area contributed by atoms with Crippen molar-refractivity contribution in [2.75, 3.05) is 0 Å². The lowest BCUT2D eigenvalue weighted by Gasteiger charge is -2.19. The molecule has 1 atom stereocenters. The average molecular weight is 633 g/mol. The number of hydrogen-bond acceptors (Lipinski definition) is 4. The maximum atomic E-state index is 13.5. The molecule has 1 aliphatic carbocycles. The molecule has 4 aromatic rings. The minimum absolute atomic E-state index is 0.0299. The highest BCUT2D eigenvalue weighted by Crippen LogP contribution is 2.34. The third kappa shape index (κ3) is 8.44. The Morgan fingerprint density at radius 3 is 2.15 bits per heavy atom. The summed E-state index contributed by atoms with van der Waals surface area (Å²) in [5.41, 5.74) is 1.86. The SMILES string of the molecule is CC(C)(C)c1ccc(Oc2ccc3cc(C(=O)N[C@H](CC(=O)O)Cc4ccc(C(F)(F)F)cc4)nc(CC4CCCC4)c3c2)cc1. The molecule has 1 saturated carbocycles. The summed E-state index contributed by atoms with van der Waals surface area (Å²) in [6.07, 6.45) is 0.364. The van der Waals surface area contributed by atoms with Crippen LogP contribution in [0, 0.1) is 5.92 Å². The number of amides is 1. The number of carboxylic acid groups (broad SMARTS) is 1. The number of benzene rings is 3. The number of hydrogen-bond donors (Lipinski definition) is 2. The molecule has 5 rings (SSSR count). The van der Waals surface area contributed by atoms with Crippen molar-refractivity contribution in [3.8, 4) is 11.5 Å². The van der Waals surface area contributed by atoms with E-state index in [1.165, 1.54) is 17.7 Å². The lowest BCUT2D eigenvalue weighted by atomic mass is 9.87. The van der Waals surface area contributed by atoms with E-state index in [-0.39, 0.29) is 17.5 Å². The topological polar surface area (TPSA) is 88.5 Å². The monoisotopic (exact) mass is 632 g/mol. The Morgan fingerprint density at radius 1 is 0.913 bits per heavy atom. The largest absolute Gasteiger partial charge is 0.481 e. The molecule has 0 aliphatic heterocycles. The number of nitrogens with zero attached hydrogens (tertiary/aromatic N) is 1. The summed E-state index contributed by atoms with van der Waals surface area (Å²) >= 11 is 0. The number of nitrogens with one attached hydrogen (secondary N) is 1. The fourth-order valence-electron chi connectivity index (χ4n) is 6.04. The maximum Gasteiger partial charge on any atom is 0.416 e. The summed E-state index contributed by atoms with van der Waals surface area (Å²) in [4.78, 5) is 29.9. The molecule has 3 aromatic carbocycles. The highest BCUT2D eigenvalue weighted by atomic mass is 19.4. The van der Waals surface area contributed by atoms with Gasteiger partial charge in [0.05, 0.1) is 12.0 Å². The molecule has 1 aliphatic rings. The summed E-state index contributed by atoms with van der Waals surface area (Å²) in [7, 11) is 0. The van der Waals surface area contributed by atoms with Gasteiger partial charge < -0.3 is 15.2 Å². The van der Waals surface area contributed by atoms with Crippen LogP contribution in [-0.4, -0.2) is 28.0 Å². The lowest BCUT2D eigenvalue weighted by molar-refractivity contribution is -0.138. The van der Waals surface area contributed by atoms with Crippen molar-refractivity contribution in [1.29, 1.82) is 0 Å². The number of halogens is 3. The minimum atomic E-state index is -4.48. The van der Waals surface area contributed by atoms with Gasteiger partial charge in [0.15, 0.2) is 0 Å². The molecule has 242 valence electrons. The summed E-state index contributed by atoms with van der Waals surface area (Å²) in [6.45, 7) is 6.47. The van der Waals surface area contributed by atoms with E-state index in [4.69, 9.17) is 9.72 Å². The second-order valence-corrected chi connectivity index (χ2v) is 13.2. The van der Waals surface area contributed by atoms with Gasteiger partial charge in [-0.25, -0.2) is 4.98 Å². The van der Waals surface area contributed by atoms with Crippen LogP contribution < -0.4 is 10.1 Å². The van der Waals surface area contributed by atoms with Crippen LogP contribution in [-0.2, 0) is 29.2 Å². The number of alkyl halides is 3. The smallest absolute Gasteiger partial charge is 0.416 e. The van der Waals surface area contributed by atoms with Gasteiger partial charge in [-0.1, -0.05) is 76.8 Å². The lowest BCUT2D eigenvalue weighted by Crippen LogP contribution is -2.38. The van der Waals surface area contributed by atoms with Crippen LogP contribution in [0.3, 0.4) is 0 Å². The van der Waals surface area contributed by atoms with Crippen LogP contribution in [0.15, 0.2) is 72.8 Å². The second-order valence-electron chi connectivity index (χ2n) is 13.2. The predicted molar refractivity (Wildman–Crippen MR) is 171 cm³/mol. The Kier molecular flexibility index (Phi) is 9.70. The fourth-order valence-corrected chi connectivity index (χ4v) is 6.04. The van der Waals surface area contributed by atoms with Crippen molar-refractivity contribution in [3.63, 3.8) is 0 Å². The number of carbonyl (C=O) groups is 2. The van der Waals surface area contributed by atoms with Gasteiger partial charge in [-0.2, -0.15) is 13.2 Å². The quantitative estimate of drug-likeness (QED) is 0.182. The van der Waals surface area contributed by atoms with E-state index in [2.05, 4.69) is 38.2 Å². The van der Waals surface area contributed by atoms with E-state index in [0.717, 1.165) is 54.3 Å². The zero-order valence-corrected chi connectivity index (χ0v) is 26.3. The molecule has 1 heterocycles. The molecule has 0 radical (unpaired) electrons. The normalized spacial score (nSPS) is 14.7. The zero-order chi connectivity index (χ0) is 33.1. The number of pyridine rings is 1. The van der Waals surface area contributed by atoms with Gasteiger partial charge in [0.1, 0.15) is 17.2 Å². The Bertz CT molecular complexity index is 1690. The fraction of sp³-hybridized carbons (Fsp3) is 0.378.